The highest BCUT2D eigenvalue weighted by Gasteiger charge is 2.17. The SMILES string of the molecule is CCNC(c1ccc(OC)c(OC)c1)c1ccc(CC)s1. The quantitative estimate of drug-likeness (QED) is 0.838. The third-order valence-electron chi connectivity index (χ3n) is 3.46. The molecular weight excluding hydrogens is 282 g/mol. The number of methoxy groups -OCH3 is 2. The van der Waals surface area contributed by atoms with E-state index in [1.54, 1.807) is 14.2 Å². The van der Waals surface area contributed by atoms with E-state index in [0.29, 0.717) is 0 Å². The van der Waals surface area contributed by atoms with Crippen LogP contribution >= 0.6 is 11.3 Å². The van der Waals surface area contributed by atoms with Crippen molar-refractivity contribution in [1.82, 2.24) is 5.32 Å². The van der Waals surface area contributed by atoms with Crippen molar-refractivity contribution in [2.24, 2.45) is 0 Å². The van der Waals surface area contributed by atoms with Gasteiger partial charge in [0.2, 0.25) is 0 Å². The average Bonchev–Trinajstić information content (AvgIpc) is 3.00. The van der Waals surface area contributed by atoms with Crippen molar-refractivity contribution in [3.8, 4) is 11.5 Å². The van der Waals surface area contributed by atoms with Gasteiger partial charge in [-0.3, -0.25) is 0 Å². The number of nitrogens with one attached hydrogen (secondary N) is 1. The molecule has 21 heavy (non-hydrogen) atoms. The van der Waals surface area contributed by atoms with Gasteiger partial charge in [-0.15, -0.1) is 11.3 Å². The number of aryl methyl sites for hydroxylation is 1. The van der Waals surface area contributed by atoms with Crippen molar-refractivity contribution in [2.45, 2.75) is 26.3 Å². The predicted octanol–water partition coefficient (Wildman–Crippen LogP) is 4.03. The molecule has 2 rings (SSSR count). The Bertz CT molecular complexity index is 580. The Morgan fingerprint density at radius 3 is 2.38 bits per heavy atom. The first-order valence-corrected chi connectivity index (χ1v) is 8.09. The van der Waals surface area contributed by atoms with E-state index in [1.807, 2.05) is 17.4 Å². The summed E-state index contributed by atoms with van der Waals surface area (Å²) in [4.78, 5) is 2.74. The van der Waals surface area contributed by atoms with Crippen LogP contribution in [0.1, 0.15) is 35.2 Å². The van der Waals surface area contributed by atoms with Gasteiger partial charge in [0.15, 0.2) is 11.5 Å². The number of benzene rings is 1. The lowest BCUT2D eigenvalue weighted by Crippen LogP contribution is -2.21. The summed E-state index contributed by atoms with van der Waals surface area (Å²) >= 11 is 1.86. The molecule has 2 aromatic rings. The number of hydrogen-bond acceptors (Lipinski definition) is 4. The molecule has 0 fully saturated rings. The second kappa shape index (κ2) is 7.48. The Morgan fingerprint density at radius 2 is 1.81 bits per heavy atom. The molecule has 1 unspecified atom stereocenters. The van der Waals surface area contributed by atoms with E-state index in [0.717, 1.165) is 24.5 Å². The number of rotatable bonds is 7. The Morgan fingerprint density at radius 1 is 1.05 bits per heavy atom. The van der Waals surface area contributed by atoms with Gasteiger partial charge >= 0.3 is 0 Å². The molecule has 4 heteroatoms. The van der Waals surface area contributed by atoms with Crippen molar-refractivity contribution in [3.63, 3.8) is 0 Å². The van der Waals surface area contributed by atoms with Gasteiger partial charge in [0.1, 0.15) is 0 Å². The zero-order chi connectivity index (χ0) is 15.2. The van der Waals surface area contributed by atoms with Crippen molar-refractivity contribution in [3.05, 3.63) is 45.6 Å². The van der Waals surface area contributed by atoms with E-state index in [1.165, 1.54) is 15.3 Å². The van der Waals surface area contributed by atoms with Crippen LogP contribution in [0.15, 0.2) is 30.3 Å². The molecule has 0 aliphatic carbocycles. The van der Waals surface area contributed by atoms with Crippen LogP contribution in [-0.2, 0) is 6.42 Å². The second-order valence-electron chi connectivity index (χ2n) is 4.76. The second-order valence-corrected chi connectivity index (χ2v) is 5.96. The van der Waals surface area contributed by atoms with E-state index in [-0.39, 0.29) is 6.04 Å². The molecule has 0 radical (unpaired) electrons. The molecule has 0 bridgehead atoms. The average molecular weight is 305 g/mol. The molecule has 114 valence electrons. The predicted molar refractivity (Wildman–Crippen MR) is 88.8 cm³/mol. The molecule has 0 aliphatic rings. The van der Waals surface area contributed by atoms with Crippen LogP contribution in [0.2, 0.25) is 0 Å². The van der Waals surface area contributed by atoms with Crippen molar-refractivity contribution in [1.29, 1.82) is 0 Å². The largest absolute Gasteiger partial charge is 0.493 e. The Balaban J connectivity index is 2.37. The number of thiophene rings is 1. The molecule has 0 aliphatic heterocycles. The molecular formula is C17H23NO2S. The minimum absolute atomic E-state index is 0.195. The molecule has 1 aromatic heterocycles. The molecule has 0 spiro atoms. The van der Waals surface area contributed by atoms with Crippen molar-refractivity contribution >= 4 is 11.3 Å². The third-order valence-corrected chi connectivity index (χ3v) is 4.76. The first-order valence-electron chi connectivity index (χ1n) is 7.27. The summed E-state index contributed by atoms with van der Waals surface area (Å²) in [6.45, 7) is 5.23. The fourth-order valence-corrected chi connectivity index (χ4v) is 3.42. The number of ether oxygens (including phenoxy) is 2. The summed E-state index contributed by atoms with van der Waals surface area (Å²) < 4.78 is 10.7. The summed E-state index contributed by atoms with van der Waals surface area (Å²) in [7, 11) is 3.33. The molecule has 1 heterocycles. The minimum Gasteiger partial charge on any atom is -0.493 e. The smallest absolute Gasteiger partial charge is 0.161 e. The molecule has 0 amide bonds. The summed E-state index contributed by atoms with van der Waals surface area (Å²) in [5, 5.41) is 3.56. The molecule has 1 atom stereocenters. The van der Waals surface area contributed by atoms with Crippen LogP contribution in [0.5, 0.6) is 11.5 Å². The van der Waals surface area contributed by atoms with Crippen LogP contribution in [0.4, 0.5) is 0 Å². The van der Waals surface area contributed by atoms with Gasteiger partial charge in [0.05, 0.1) is 20.3 Å². The zero-order valence-electron chi connectivity index (χ0n) is 13.1. The normalized spacial score (nSPS) is 12.2. The highest BCUT2D eigenvalue weighted by Crippen LogP contribution is 2.34. The third kappa shape index (κ3) is 3.57. The van der Waals surface area contributed by atoms with Crippen LogP contribution < -0.4 is 14.8 Å². The molecule has 0 saturated carbocycles. The molecule has 1 aromatic carbocycles. The van der Waals surface area contributed by atoms with Gasteiger partial charge in [-0.1, -0.05) is 19.9 Å². The van der Waals surface area contributed by atoms with Gasteiger partial charge in [-0.2, -0.15) is 0 Å². The minimum atomic E-state index is 0.195. The van der Waals surface area contributed by atoms with Crippen LogP contribution in [0.25, 0.3) is 0 Å². The summed E-state index contributed by atoms with van der Waals surface area (Å²) in [6.07, 6.45) is 1.08. The molecule has 0 saturated heterocycles. The maximum absolute atomic E-state index is 5.42. The van der Waals surface area contributed by atoms with E-state index >= 15 is 0 Å². The topological polar surface area (TPSA) is 30.5 Å². The van der Waals surface area contributed by atoms with E-state index in [9.17, 15) is 0 Å². The van der Waals surface area contributed by atoms with Gasteiger partial charge in [-0.05, 0) is 42.8 Å². The summed E-state index contributed by atoms with van der Waals surface area (Å²) in [5.41, 5.74) is 1.19. The monoisotopic (exact) mass is 305 g/mol. The number of hydrogen-bond donors (Lipinski definition) is 1. The molecule has 1 N–H and O–H groups in total. The highest BCUT2D eigenvalue weighted by molar-refractivity contribution is 7.12. The van der Waals surface area contributed by atoms with Gasteiger partial charge < -0.3 is 14.8 Å². The lowest BCUT2D eigenvalue weighted by Gasteiger charge is -2.18. The van der Waals surface area contributed by atoms with Crippen LogP contribution in [-0.4, -0.2) is 20.8 Å². The molecule has 3 nitrogen and oxygen atoms in total. The summed E-state index contributed by atoms with van der Waals surface area (Å²) in [5.74, 6) is 1.53. The first kappa shape index (κ1) is 15.9. The van der Waals surface area contributed by atoms with Gasteiger partial charge in [-0.25, -0.2) is 0 Å². The van der Waals surface area contributed by atoms with E-state index < -0.39 is 0 Å². The van der Waals surface area contributed by atoms with Crippen molar-refractivity contribution in [2.75, 3.05) is 20.8 Å². The van der Waals surface area contributed by atoms with Crippen LogP contribution in [0, 0.1) is 0 Å². The first-order chi connectivity index (χ1) is 10.2. The maximum Gasteiger partial charge on any atom is 0.161 e. The zero-order valence-corrected chi connectivity index (χ0v) is 13.9. The van der Waals surface area contributed by atoms with E-state index in [2.05, 4.69) is 43.4 Å². The fraction of sp³-hybridized carbons (Fsp3) is 0.412. The Hall–Kier alpha value is -1.52. The van der Waals surface area contributed by atoms with Crippen molar-refractivity contribution < 1.29 is 9.47 Å². The lowest BCUT2D eigenvalue weighted by atomic mass is 10.0. The fourth-order valence-electron chi connectivity index (χ4n) is 2.36. The maximum atomic E-state index is 5.42. The van der Waals surface area contributed by atoms with Crippen LogP contribution in [0.3, 0.4) is 0 Å². The van der Waals surface area contributed by atoms with E-state index in [4.69, 9.17) is 9.47 Å². The summed E-state index contributed by atoms with van der Waals surface area (Å²) in [6, 6.07) is 10.7. The Labute approximate surface area is 130 Å². The standard InChI is InChI=1S/C17H23NO2S/c1-5-13-8-10-16(21-13)17(18-6-2)12-7-9-14(19-3)15(11-12)20-4/h7-11,17-18H,5-6H2,1-4H3. The lowest BCUT2D eigenvalue weighted by molar-refractivity contribution is 0.354. The Kier molecular flexibility index (Phi) is 5.65. The van der Waals surface area contributed by atoms with Gasteiger partial charge in [0, 0.05) is 9.75 Å². The highest BCUT2D eigenvalue weighted by atomic mass is 32.1. The van der Waals surface area contributed by atoms with Gasteiger partial charge in [0.25, 0.3) is 0 Å².